The molecular formula is C21H16N4OS. The maximum absolute atomic E-state index is 13.4. The van der Waals surface area contributed by atoms with Gasteiger partial charge in [0.25, 0.3) is 5.91 Å². The zero-order chi connectivity index (χ0) is 18.4. The Hall–Kier alpha value is -3.12. The number of aromatic nitrogens is 3. The lowest BCUT2D eigenvalue weighted by atomic mass is 10.1. The summed E-state index contributed by atoms with van der Waals surface area (Å²) in [4.78, 5) is 28.8. The van der Waals surface area contributed by atoms with Crippen molar-refractivity contribution in [1.82, 2.24) is 15.0 Å². The van der Waals surface area contributed by atoms with E-state index in [2.05, 4.69) is 27.9 Å². The highest BCUT2D eigenvalue weighted by atomic mass is 32.1. The summed E-state index contributed by atoms with van der Waals surface area (Å²) < 4.78 is 1.07. The van der Waals surface area contributed by atoms with Gasteiger partial charge in [0.1, 0.15) is 10.7 Å². The molecule has 2 aromatic carbocycles. The van der Waals surface area contributed by atoms with Crippen LogP contribution in [0.4, 0.5) is 5.69 Å². The van der Waals surface area contributed by atoms with Crippen molar-refractivity contribution in [3.63, 3.8) is 0 Å². The first kappa shape index (κ1) is 16.1. The van der Waals surface area contributed by atoms with Gasteiger partial charge in [0.15, 0.2) is 5.69 Å². The van der Waals surface area contributed by atoms with Crippen LogP contribution in [0.25, 0.3) is 20.9 Å². The summed E-state index contributed by atoms with van der Waals surface area (Å²) in [5, 5.41) is 0.716. The van der Waals surface area contributed by atoms with Gasteiger partial charge in [-0.1, -0.05) is 30.3 Å². The average molecular weight is 372 g/mol. The topological polar surface area (TPSA) is 59.0 Å². The van der Waals surface area contributed by atoms with Crippen LogP contribution < -0.4 is 4.90 Å². The maximum atomic E-state index is 13.4. The van der Waals surface area contributed by atoms with E-state index in [-0.39, 0.29) is 11.9 Å². The van der Waals surface area contributed by atoms with E-state index in [1.807, 2.05) is 47.4 Å². The predicted octanol–water partition coefficient (Wildman–Crippen LogP) is 4.34. The van der Waals surface area contributed by atoms with E-state index in [1.165, 1.54) is 16.9 Å². The molecule has 5 rings (SSSR count). The van der Waals surface area contributed by atoms with Crippen molar-refractivity contribution >= 4 is 33.1 Å². The van der Waals surface area contributed by atoms with Gasteiger partial charge in [0, 0.05) is 24.1 Å². The Morgan fingerprint density at radius 1 is 1.07 bits per heavy atom. The maximum Gasteiger partial charge on any atom is 0.279 e. The third kappa shape index (κ3) is 2.61. The molecule has 0 radical (unpaired) electrons. The van der Waals surface area contributed by atoms with E-state index in [1.54, 1.807) is 12.4 Å². The summed E-state index contributed by atoms with van der Waals surface area (Å²) in [5.74, 6) is -0.130. The molecule has 0 aliphatic carbocycles. The van der Waals surface area contributed by atoms with Crippen molar-refractivity contribution in [2.45, 2.75) is 19.4 Å². The molecule has 1 aliphatic heterocycles. The molecule has 1 atom stereocenters. The van der Waals surface area contributed by atoms with Crippen LogP contribution in [0.2, 0.25) is 0 Å². The van der Waals surface area contributed by atoms with Crippen molar-refractivity contribution in [1.29, 1.82) is 0 Å². The second-order valence-corrected chi connectivity index (χ2v) is 7.63. The highest BCUT2D eigenvalue weighted by Crippen LogP contribution is 2.35. The lowest BCUT2D eigenvalue weighted by molar-refractivity contribution is 0.0977. The molecule has 2 aromatic heterocycles. The van der Waals surface area contributed by atoms with E-state index in [0.717, 1.165) is 22.3 Å². The molecule has 0 saturated heterocycles. The van der Waals surface area contributed by atoms with Crippen LogP contribution in [-0.2, 0) is 6.42 Å². The summed E-state index contributed by atoms with van der Waals surface area (Å²) in [7, 11) is 0. The lowest BCUT2D eigenvalue weighted by Gasteiger charge is -2.22. The van der Waals surface area contributed by atoms with Gasteiger partial charge in [-0.25, -0.2) is 15.0 Å². The van der Waals surface area contributed by atoms with E-state index < -0.39 is 0 Å². The van der Waals surface area contributed by atoms with Gasteiger partial charge in [-0.05, 0) is 37.1 Å². The van der Waals surface area contributed by atoms with Crippen molar-refractivity contribution in [3.05, 3.63) is 72.2 Å². The average Bonchev–Trinajstić information content (AvgIpc) is 3.27. The lowest BCUT2D eigenvalue weighted by Crippen LogP contribution is -2.36. The fourth-order valence-electron chi connectivity index (χ4n) is 3.61. The van der Waals surface area contributed by atoms with Crippen molar-refractivity contribution < 1.29 is 4.79 Å². The molecule has 0 spiro atoms. The van der Waals surface area contributed by atoms with E-state index >= 15 is 0 Å². The van der Waals surface area contributed by atoms with Crippen molar-refractivity contribution in [2.24, 2.45) is 0 Å². The Bertz CT molecular complexity index is 1140. The van der Waals surface area contributed by atoms with Gasteiger partial charge in [0.05, 0.1) is 10.2 Å². The zero-order valence-electron chi connectivity index (χ0n) is 14.7. The number of hydrogen-bond donors (Lipinski definition) is 0. The summed E-state index contributed by atoms with van der Waals surface area (Å²) in [6.45, 7) is 2.06. The normalized spacial score (nSPS) is 15.9. The van der Waals surface area contributed by atoms with Gasteiger partial charge < -0.3 is 4.90 Å². The van der Waals surface area contributed by atoms with Crippen LogP contribution in [0.15, 0.2) is 60.9 Å². The number of rotatable bonds is 2. The van der Waals surface area contributed by atoms with Gasteiger partial charge in [-0.2, -0.15) is 0 Å². The molecule has 0 N–H and O–H groups in total. The summed E-state index contributed by atoms with van der Waals surface area (Å²) in [6.07, 6.45) is 4.02. The van der Waals surface area contributed by atoms with E-state index in [9.17, 15) is 4.79 Å². The first-order chi connectivity index (χ1) is 13.2. The number of nitrogens with zero attached hydrogens (tertiary/aromatic N) is 4. The minimum atomic E-state index is -0.130. The van der Waals surface area contributed by atoms with Crippen LogP contribution in [0.5, 0.6) is 0 Å². The quantitative estimate of drug-likeness (QED) is 0.525. The highest BCUT2D eigenvalue weighted by Gasteiger charge is 2.33. The molecule has 4 aromatic rings. The highest BCUT2D eigenvalue weighted by molar-refractivity contribution is 7.21. The first-order valence-corrected chi connectivity index (χ1v) is 9.62. The van der Waals surface area contributed by atoms with Crippen molar-refractivity contribution in [3.8, 4) is 10.7 Å². The summed E-state index contributed by atoms with van der Waals surface area (Å²) >= 11 is 1.53. The molecule has 0 fully saturated rings. The molecule has 5 nitrogen and oxygen atoms in total. The Balaban J connectivity index is 1.61. The number of anilines is 1. The minimum Gasteiger partial charge on any atom is -0.304 e. The number of thiazole rings is 1. The fourth-order valence-corrected chi connectivity index (χ4v) is 4.58. The molecule has 27 heavy (non-hydrogen) atoms. The molecule has 132 valence electrons. The number of benzene rings is 2. The summed E-state index contributed by atoms with van der Waals surface area (Å²) in [5.41, 5.74) is 3.93. The largest absolute Gasteiger partial charge is 0.304 e. The number of para-hydroxylation sites is 2. The van der Waals surface area contributed by atoms with Gasteiger partial charge in [-0.3, -0.25) is 4.79 Å². The SMILES string of the molecule is C[C@H]1Cc2ccccc2N1C(=O)c1nccnc1-c1nc2ccccc2s1. The van der Waals surface area contributed by atoms with E-state index in [4.69, 9.17) is 0 Å². The zero-order valence-corrected chi connectivity index (χ0v) is 15.5. The second-order valence-electron chi connectivity index (χ2n) is 6.60. The third-order valence-corrected chi connectivity index (χ3v) is 5.87. The van der Waals surface area contributed by atoms with Gasteiger partial charge >= 0.3 is 0 Å². The van der Waals surface area contributed by atoms with Crippen LogP contribution in [0, 0.1) is 0 Å². The molecular weight excluding hydrogens is 356 g/mol. The Morgan fingerprint density at radius 3 is 2.74 bits per heavy atom. The Kier molecular flexibility index (Phi) is 3.72. The first-order valence-electron chi connectivity index (χ1n) is 8.81. The Morgan fingerprint density at radius 2 is 1.85 bits per heavy atom. The molecule has 0 bridgehead atoms. The summed E-state index contributed by atoms with van der Waals surface area (Å²) in [6, 6.07) is 16.0. The number of carbonyl (C=O) groups is 1. The van der Waals surface area contributed by atoms with Crippen LogP contribution >= 0.6 is 11.3 Å². The van der Waals surface area contributed by atoms with Gasteiger partial charge in [-0.15, -0.1) is 11.3 Å². The molecule has 0 saturated carbocycles. The number of hydrogen-bond acceptors (Lipinski definition) is 5. The van der Waals surface area contributed by atoms with Gasteiger partial charge in [0.2, 0.25) is 0 Å². The smallest absolute Gasteiger partial charge is 0.279 e. The Labute approximate surface area is 160 Å². The molecule has 1 amide bonds. The third-order valence-electron chi connectivity index (χ3n) is 4.82. The monoisotopic (exact) mass is 372 g/mol. The molecule has 6 heteroatoms. The minimum absolute atomic E-state index is 0.0834. The second kappa shape index (κ2) is 6.25. The molecule has 0 unspecified atom stereocenters. The van der Waals surface area contributed by atoms with Crippen LogP contribution in [0.1, 0.15) is 23.0 Å². The van der Waals surface area contributed by atoms with Crippen LogP contribution in [0.3, 0.4) is 0 Å². The fraction of sp³-hybridized carbons (Fsp3) is 0.143. The van der Waals surface area contributed by atoms with Crippen molar-refractivity contribution in [2.75, 3.05) is 4.90 Å². The number of carbonyl (C=O) groups excluding carboxylic acids is 1. The number of amides is 1. The van der Waals surface area contributed by atoms with Crippen LogP contribution in [-0.4, -0.2) is 26.9 Å². The predicted molar refractivity (Wildman–Crippen MR) is 107 cm³/mol. The number of fused-ring (bicyclic) bond motifs is 2. The molecule has 3 heterocycles. The van der Waals surface area contributed by atoms with E-state index in [0.29, 0.717) is 16.4 Å². The molecule has 1 aliphatic rings. The standard InChI is InChI=1S/C21H16N4OS/c1-13-12-14-6-2-4-8-16(14)25(13)21(26)19-18(22-10-11-23-19)20-24-15-7-3-5-9-17(15)27-20/h2-11,13H,12H2,1H3/t13-/m0/s1.